The third-order valence-corrected chi connectivity index (χ3v) is 0.514. The summed E-state index contributed by atoms with van der Waals surface area (Å²) in [5.41, 5.74) is 0. The van der Waals surface area contributed by atoms with E-state index in [4.69, 9.17) is 5.11 Å². The third kappa shape index (κ3) is 3.97. The molecule has 0 fully saturated rings. The smallest absolute Gasteiger partial charge is 0.0755 e. The quantitative estimate of drug-likeness (QED) is 0.375. The number of rotatable bonds is 1. The molecule has 1 N–H and O–H groups in total. The zero-order valence-electron chi connectivity index (χ0n) is 2.89. The highest BCUT2D eigenvalue weighted by Gasteiger charge is 1.53. The maximum Gasteiger partial charge on any atom is 0.0755 e. The Morgan fingerprint density at radius 1 is 1.80 bits per heavy atom. The van der Waals surface area contributed by atoms with Crippen LogP contribution in [-0.4, -0.2) is 11.3 Å². The number of allylic oxidation sites excluding steroid dienone is 1. The fourth-order valence-corrected chi connectivity index (χ4v) is 0.183. The average molecular weight is 90.1 g/mol. The van der Waals surface area contributed by atoms with Gasteiger partial charge in [0.05, 0.1) is 6.26 Å². The third-order valence-electron chi connectivity index (χ3n) is 0.241. The molecule has 0 spiro atoms. The first-order chi connectivity index (χ1) is 2.41. The van der Waals surface area contributed by atoms with Crippen molar-refractivity contribution in [3.63, 3.8) is 0 Å². The molecule has 1 nitrogen and oxygen atoms in total. The molecule has 0 heterocycles. The van der Waals surface area contributed by atoms with E-state index < -0.39 is 0 Å². The highest BCUT2D eigenvalue weighted by Crippen LogP contribution is 1.77. The van der Waals surface area contributed by atoms with E-state index in [9.17, 15) is 0 Å². The van der Waals surface area contributed by atoms with Gasteiger partial charge in [-0.25, -0.2) is 0 Å². The van der Waals surface area contributed by atoms with Crippen LogP contribution in [0.15, 0.2) is 12.3 Å². The molecule has 0 saturated carbocycles. The van der Waals surface area contributed by atoms with Crippen molar-refractivity contribution < 1.29 is 5.11 Å². The maximum atomic E-state index is 7.87. The van der Waals surface area contributed by atoms with Gasteiger partial charge in [0.25, 0.3) is 0 Å². The molecule has 0 aromatic heterocycles. The molecule has 0 aromatic rings. The van der Waals surface area contributed by atoms with Crippen molar-refractivity contribution in [3.8, 4) is 0 Å². The van der Waals surface area contributed by atoms with E-state index in [1.165, 1.54) is 0 Å². The number of aliphatic hydroxyl groups excluding tert-OH is 1. The monoisotopic (exact) mass is 90.0 g/mol. The normalized spacial score (nSPS) is 9.80. The van der Waals surface area contributed by atoms with Crippen LogP contribution in [0.5, 0.6) is 0 Å². The number of aliphatic hydroxyl groups is 1. The van der Waals surface area contributed by atoms with Crippen LogP contribution in [0.2, 0.25) is 0 Å². The molecule has 0 rings (SSSR count). The van der Waals surface area contributed by atoms with Gasteiger partial charge in [0.15, 0.2) is 0 Å². The lowest BCUT2D eigenvalue weighted by Crippen LogP contribution is -1.52. The van der Waals surface area contributed by atoms with Gasteiger partial charge in [-0.3, -0.25) is 0 Å². The SMILES string of the molecule is O/C=C/CP. The van der Waals surface area contributed by atoms with Gasteiger partial charge in [0.2, 0.25) is 0 Å². The van der Waals surface area contributed by atoms with Crippen LogP contribution in [-0.2, 0) is 0 Å². The Morgan fingerprint density at radius 2 is 2.40 bits per heavy atom. The first-order valence-electron chi connectivity index (χ1n) is 1.41. The Kier molecular flexibility index (Phi) is 3.95. The fourth-order valence-electron chi connectivity index (χ4n) is 0.0609. The molecule has 0 aliphatic heterocycles. The van der Waals surface area contributed by atoms with Gasteiger partial charge < -0.3 is 5.11 Å². The van der Waals surface area contributed by atoms with E-state index in [0.717, 1.165) is 12.4 Å². The van der Waals surface area contributed by atoms with Gasteiger partial charge in [-0.15, -0.1) is 9.24 Å². The summed E-state index contributed by atoms with van der Waals surface area (Å²) in [7, 11) is 2.45. The first kappa shape index (κ1) is 4.97. The Morgan fingerprint density at radius 3 is 2.40 bits per heavy atom. The summed E-state index contributed by atoms with van der Waals surface area (Å²) in [5.74, 6) is 0. The molecule has 0 aliphatic rings. The molecular weight excluding hydrogens is 83.0 g/mol. The minimum absolute atomic E-state index is 0.830. The lowest BCUT2D eigenvalue weighted by atomic mass is 10.7. The molecule has 1 unspecified atom stereocenters. The van der Waals surface area contributed by atoms with Gasteiger partial charge in [0.1, 0.15) is 0 Å². The molecule has 2 heteroatoms. The Bertz CT molecular complexity index is 33.9. The second kappa shape index (κ2) is 3.97. The van der Waals surface area contributed by atoms with Crippen LogP contribution < -0.4 is 0 Å². The molecule has 0 amide bonds. The Labute approximate surface area is 33.9 Å². The van der Waals surface area contributed by atoms with Crippen molar-refractivity contribution in [1.29, 1.82) is 0 Å². The predicted octanol–water partition coefficient (Wildman–Crippen LogP) is 0.933. The van der Waals surface area contributed by atoms with Gasteiger partial charge in [-0.1, -0.05) is 0 Å². The minimum Gasteiger partial charge on any atom is -0.516 e. The van der Waals surface area contributed by atoms with Crippen LogP contribution in [0.25, 0.3) is 0 Å². The summed E-state index contributed by atoms with van der Waals surface area (Å²) in [6, 6.07) is 0. The van der Waals surface area contributed by atoms with E-state index in [1.807, 2.05) is 0 Å². The highest BCUT2D eigenvalue weighted by molar-refractivity contribution is 7.16. The molecule has 30 valence electrons. The summed E-state index contributed by atoms with van der Waals surface area (Å²) in [4.78, 5) is 0. The molecule has 0 radical (unpaired) electrons. The van der Waals surface area contributed by atoms with E-state index in [1.54, 1.807) is 6.08 Å². The largest absolute Gasteiger partial charge is 0.516 e. The number of hydrogen-bond donors (Lipinski definition) is 1. The van der Waals surface area contributed by atoms with Crippen molar-refractivity contribution in [2.75, 3.05) is 6.16 Å². The summed E-state index contributed by atoms with van der Waals surface area (Å²) >= 11 is 0. The Hall–Kier alpha value is -0.0300. The zero-order chi connectivity index (χ0) is 4.12. The van der Waals surface area contributed by atoms with Gasteiger partial charge in [0, 0.05) is 0 Å². The van der Waals surface area contributed by atoms with E-state index in [0.29, 0.717) is 0 Å². The standard InChI is InChI=1S/C3H7OP/c4-2-1-3-5/h1-2,4H,3,5H2/b2-1+. The molecule has 0 aromatic carbocycles. The van der Waals surface area contributed by atoms with Gasteiger partial charge in [-0.05, 0) is 12.2 Å². The van der Waals surface area contributed by atoms with E-state index in [-0.39, 0.29) is 0 Å². The predicted molar refractivity (Wildman–Crippen MR) is 26.3 cm³/mol. The minimum atomic E-state index is 0.830. The highest BCUT2D eigenvalue weighted by atomic mass is 31.0. The molecule has 1 atom stereocenters. The van der Waals surface area contributed by atoms with Crippen molar-refractivity contribution in [1.82, 2.24) is 0 Å². The summed E-state index contributed by atoms with van der Waals surface area (Å²) < 4.78 is 0. The molecule has 5 heavy (non-hydrogen) atoms. The van der Waals surface area contributed by atoms with Crippen LogP contribution in [0.1, 0.15) is 0 Å². The van der Waals surface area contributed by atoms with Crippen LogP contribution in [0, 0.1) is 0 Å². The maximum absolute atomic E-state index is 7.87. The van der Waals surface area contributed by atoms with Gasteiger partial charge in [-0.2, -0.15) is 0 Å². The molecule has 0 aliphatic carbocycles. The summed E-state index contributed by atoms with van der Waals surface area (Å²) in [6.45, 7) is 0. The number of hydrogen-bond acceptors (Lipinski definition) is 1. The van der Waals surface area contributed by atoms with E-state index in [2.05, 4.69) is 9.24 Å². The lowest BCUT2D eigenvalue weighted by Gasteiger charge is -1.65. The van der Waals surface area contributed by atoms with Crippen molar-refractivity contribution in [2.45, 2.75) is 0 Å². The van der Waals surface area contributed by atoms with Crippen LogP contribution in [0.3, 0.4) is 0 Å². The fraction of sp³-hybridized carbons (Fsp3) is 0.333. The molecular formula is C3H7OP. The second-order valence-corrected chi connectivity index (χ2v) is 1.09. The van der Waals surface area contributed by atoms with Crippen molar-refractivity contribution in [3.05, 3.63) is 12.3 Å². The molecule has 0 bridgehead atoms. The Balaban J connectivity index is 2.62. The van der Waals surface area contributed by atoms with E-state index >= 15 is 0 Å². The van der Waals surface area contributed by atoms with Crippen LogP contribution >= 0.6 is 9.24 Å². The average Bonchev–Trinajstić information content (AvgIpc) is 1.41. The first-order valence-corrected chi connectivity index (χ1v) is 2.22. The summed E-state index contributed by atoms with van der Waals surface area (Å²) in [5, 5.41) is 7.87. The summed E-state index contributed by atoms with van der Waals surface area (Å²) in [6.07, 6.45) is 3.51. The van der Waals surface area contributed by atoms with Crippen molar-refractivity contribution >= 4 is 9.24 Å². The second-order valence-electron chi connectivity index (χ2n) is 0.620. The van der Waals surface area contributed by atoms with Gasteiger partial charge >= 0.3 is 0 Å². The molecule has 0 saturated heterocycles. The topological polar surface area (TPSA) is 20.2 Å². The zero-order valence-corrected chi connectivity index (χ0v) is 4.04. The van der Waals surface area contributed by atoms with Crippen LogP contribution in [0.4, 0.5) is 0 Å². The lowest BCUT2D eigenvalue weighted by molar-refractivity contribution is 0.473. The van der Waals surface area contributed by atoms with Crippen molar-refractivity contribution in [2.24, 2.45) is 0 Å².